The van der Waals surface area contributed by atoms with Crippen LogP contribution in [0.15, 0.2) is 48.8 Å². The van der Waals surface area contributed by atoms with Crippen LogP contribution in [0.1, 0.15) is 21.6 Å². The third-order valence-electron chi connectivity index (χ3n) is 4.16. The van der Waals surface area contributed by atoms with Crippen LogP contribution in [0.25, 0.3) is 0 Å². The second kappa shape index (κ2) is 8.05. The zero-order valence-corrected chi connectivity index (χ0v) is 16.0. The molecule has 27 heavy (non-hydrogen) atoms. The number of methoxy groups -OCH3 is 1. The van der Waals surface area contributed by atoms with E-state index in [0.29, 0.717) is 16.6 Å². The normalized spacial score (nSPS) is 10.4. The number of aromatic nitrogens is 2. The van der Waals surface area contributed by atoms with Crippen LogP contribution in [-0.2, 0) is 0 Å². The van der Waals surface area contributed by atoms with Crippen LogP contribution in [0, 0.1) is 13.8 Å². The van der Waals surface area contributed by atoms with Crippen molar-refractivity contribution in [3.05, 3.63) is 70.6 Å². The number of ether oxygens (including phenoxy) is 1. The van der Waals surface area contributed by atoms with Crippen molar-refractivity contribution >= 4 is 34.7 Å². The first-order valence-corrected chi connectivity index (χ1v) is 8.66. The lowest BCUT2D eigenvalue weighted by Gasteiger charge is -2.10. The number of rotatable bonds is 5. The number of nitrogens with zero attached hydrogens (tertiary/aromatic N) is 2. The number of benzene rings is 2. The Hall–Kier alpha value is -3.12. The van der Waals surface area contributed by atoms with Crippen molar-refractivity contribution in [2.24, 2.45) is 0 Å². The Bertz CT molecular complexity index is 974. The summed E-state index contributed by atoms with van der Waals surface area (Å²) in [6.45, 7) is 3.96. The van der Waals surface area contributed by atoms with Crippen LogP contribution in [0.2, 0.25) is 5.02 Å². The lowest BCUT2D eigenvalue weighted by molar-refractivity contribution is 0.102. The highest BCUT2D eigenvalue weighted by Gasteiger charge is 2.11. The number of amides is 1. The van der Waals surface area contributed by atoms with Gasteiger partial charge in [-0.1, -0.05) is 23.7 Å². The molecule has 0 fully saturated rings. The SMILES string of the molecule is COc1ccc(Nc2cnc(C(=O)Nc3cccc(C)c3C)cn2)cc1Cl. The predicted molar refractivity (Wildman–Crippen MR) is 107 cm³/mol. The fourth-order valence-electron chi connectivity index (χ4n) is 2.47. The zero-order chi connectivity index (χ0) is 19.4. The molecule has 1 heterocycles. The number of hydrogen-bond acceptors (Lipinski definition) is 5. The van der Waals surface area contributed by atoms with Crippen molar-refractivity contribution in [3.63, 3.8) is 0 Å². The number of anilines is 3. The van der Waals surface area contributed by atoms with E-state index in [1.54, 1.807) is 19.2 Å². The maximum absolute atomic E-state index is 12.4. The van der Waals surface area contributed by atoms with Gasteiger partial charge in [0.2, 0.25) is 0 Å². The second-order valence-electron chi connectivity index (χ2n) is 5.96. The molecule has 0 aliphatic rings. The average Bonchev–Trinajstić information content (AvgIpc) is 2.66. The second-order valence-corrected chi connectivity index (χ2v) is 6.37. The summed E-state index contributed by atoms with van der Waals surface area (Å²) >= 11 is 6.11. The van der Waals surface area contributed by atoms with Gasteiger partial charge in [0.15, 0.2) is 0 Å². The first kappa shape index (κ1) is 18.7. The lowest BCUT2D eigenvalue weighted by atomic mass is 10.1. The quantitative estimate of drug-likeness (QED) is 0.665. The van der Waals surface area contributed by atoms with Gasteiger partial charge in [0.05, 0.1) is 24.5 Å². The van der Waals surface area contributed by atoms with Gasteiger partial charge in [-0.2, -0.15) is 0 Å². The fourth-order valence-corrected chi connectivity index (χ4v) is 2.73. The van der Waals surface area contributed by atoms with Gasteiger partial charge in [-0.3, -0.25) is 4.79 Å². The molecule has 3 aromatic rings. The van der Waals surface area contributed by atoms with Crippen LogP contribution in [0.3, 0.4) is 0 Å². The Morgan fingerprint density at radius 1 is 1.11 bits per heavy atom. The number of hydrogen-bond donors (Lipinski definition) is 2. The molecule has 0 aliphatic carbocycles. The molecule has 0 saturated heterocycles. The van der Waals surface area contributed by atoms with Crippen LogP contribution < -0.4 is 15.4 Å². The van der Waals surface area contributed by atoms with Crippen LogP contribution >= 0.6 is 11.6 Å². The molecule has 138 valence electrons. The zero-order valence-electron chi connectivity index (χ0n) is 15.2. The van der Waals surface area contributed by atoms with E-state index in [2.05, 4.69) is 20.6 Å². The van der Waals surface area contributed by atoms with E-state index in [-0.39, 0.29) is 11.6 Å². The maximum Gasteiger partial charge on any atom is 0.275 e. The lowest BCUT2D eigenvalue weighted by Crippen LogP contribution is -2.15. The molecule has 6 nitrogen and oxygen atoms in total. The van der Waals surface area contributed by atoms with Gasteiger partial charge in [0.1, 0.15) is 17.3 Å². The molecule has 2 aromatic carbocycles. The summed E-state index contributed by atoms with van der Waals surface area (Å²) in [5.41, 5.74) is 3.86. The van der Waals surface area contributed by atoms with E-state index in [0.717, 1.165) is 22.5 Å². The van der Waals surface area contributed by atoms with Crippen LogP contribution in [-0.4, -0.2) is 23.0 Å². The van der Waals surface area contributed by atoms with E-state index >= 15 is 0 Å². The molecule has 3 rings (SSSR count). The molecule has 7 heteroatoms. The van der Waals surface area contributed by atoms with Crippen molar-refractivity contribution in [3.8, 4) is 5.75 Å². The standard InChI is InChI=1S/C20H19ClN4O2/c1-12-5-4-6-16(13(12)2)25-20(26)17-10-23-19(11-22-17)24-14-7-8-18(27-3)15(21)9-14/h4-11H,1-3H3,(H,23,24)(H,25,26). The molecule has 2 N–H and O–H groups in total. The van der Waals surface area contributed by atoms with Crippen LogP contribution in [0.4, 0.5) is 17.2 Å². The number of carbonyl (C=O) groups is 1. The summed E-state index contributed by atoms with van der Waals surface area (Å²) in [6, 6.07) is 11.0. The topological polar surface area (TPSA) is 76.1 Å². The number of nitrogens with one attached hydrogen (secondary N) is 2. The van der Waals surface area contributed by atoms with E-state index < -0.39 is 0 Å². The number of aryl methyl sites for hydroxylation is 1. The summed E-state index contributed by atoms with van der Waals surface area (Å²) in [4.78, 5) is 20.8. The third kappa shape index (κ3) is 4.35. The Labute approximate surface area is 162 Å². The molecule has 1 amide bonds. The summed E-state index contributed by atoms with van der Waals surface area (Å²) in [6.07, 6.45) is 2.92. The highest BCUT2D eigenvalue weighted by molar-refractivity contribution is 6.32. The first-order valence-electron chi connectivity index (χ1n) is 8.28. The molecule has 1 aromatic heterocycles. The molecule has 0 spiro atoms. The first-order chi connectivity index (χ1) is 13.0. The summed E-state index contributed by atoms with van der Waals surface area (Å²) in [7, 11) is 1.56. The summed E-state index contributed by atoms with van der Waals surface area (Å²) < 4.78 is 5.12. The molecular weight excluding hydrogens is 364 g/mol. The Morgan fingerprint density at radius 2 is 1.93 bits per heavy atom. The molecule has 0 unspecified atom stereocenters. The van der Waals surface area contributed by atoms with E-state index in [4.69, 9.17) is 16.3 Å². The predicted octanol–water partition coefficient (Wildman–Crippen LogP) is 4.75. The fraction of sp³-hybridized carbons (Fsp3) is 0.150. The maximum atomic E-state index is 12.4. The molecule has 0 aliphatic heterocycles. The highest BCUT2D eigenvalue weighted by atomic mass is 35.5. The minimum atomic E-state index is -0.310. The van der Waals surface area contributed by atoms with Gasteiger partial charge in [0, 0.05) is 11.4 Å². The monoisotopic (exact) mass is 382 g/mol. The number of halogens is 1. The smallest absolute Gasteiger partial charge is 0.275 e. The molecular formula is C20H19ClN4O2. The van der Waals surface area contributed by atoms with Gasteiger partial charge in [-0.25, -0.2) is 9.97 Å². The van der Waals surface area contributed by atoms with Gasteiger partial charge < -0.3 is 15.4 Å². The Kier molecular flexibility index (Phi) is 5.57. The number of carbonyl (C=O) groups excluding carboxylic acids is 1. The van der Waals surface area contributed by atoms with Crippen molar-refractivity contribution in [1.29, 1.82) is 0 Å². The summed E-state index contributed by atoms with van der Waals surface area (Å²) in [5, 5.41) is 6.43. The van der Waals surface area contributed by atoms with Gasteiger partial charge >= 0.3 is 0 Å². The average molecular weight is 383 g/mol. The highest BCUT2D eigenvalue weighted by Crippen LogP contribution is 2.28. The molecule has 0 atom stereocenters. The molecule has 0 radical (unpaired) electrons. The minimum Gasteiger partial charge on any atom is -0.495 e. The Balaban J connectivity index is 1.70. The third-order valence-corrected chi connectivity index (χ3v) is 4.46. The van der Waals surface area contributed by atoms with Gasteiger partial charge in [-0.05, 0) is 49.2 Å². The van der Waals surface area contributed by atoms with Crippen molar-refractivity contribution in [2.45, 2.75) is 13.8 Å². The van der Waals surface area contributed by atoms with Crippen molar-refractivity contribution in [1.82, 2.24) is 9.97 Å². The largest absolute Gasteiger partial charge is 0.495 e. The Morgan fingerprint density at radius 3 is 2.59 bits per heavy atom. The van der Waals surface area contributed by atoms with Crippen molar-refractivity contribution < 1.29 is 9.53 Å². The molecule has 0 bridgehead atoms. The van der Waals surface area contributed by atoms with Crippen molar-refractivity contribution in [2.75, 3.05) is 17.7 Å². The van der Waals surface area contributed by atoms with E-state index in [1.165, 1.54) is 12.4 Å². The molecule has 0 saturated carbocycles. The minimum absolute atomic E-state index is 0.231. The van der Waals surface area contributed by atoms with E-state index in [9.17, 15) is 4.79 Å². The van der Waals surface area contributed by atoms with Crippen LogP contribution in [0.5, 0.6) is 5.75 Å². The summed E-state index contributed by atoms with van der Waals surface area (Å²) in [5.74, 6) is 0.779. The van der Waals surface area contributed by atoms with E-state index in [1.807, 2.05) is 38.1 Å². The van der Waals surface area contributed by atoms with Gasteiger partial charge in [-0.15, -0.1) is 0 Å². The van der Waals surface area contributed by atoms with Gasteiger partial charge in [0.25, 0.3) is 5.91 Å².